The Morgan fingerprint density at radius 3 is 1.77 bits per heavy atom. The fraction of sp³-hybridized carbons (Fsp3) is 0.696. The van der Waals surface area contributed by atoms with E-state index in [1.165, 1.54) is 12.7 Å². The summed E-state index contributed by atoms with van der Waals surface area (Å²) in [6.45, 7) is 13.6. The molecule has 5 fully saturated rings. The largest absolute Gasteiger partial charge is 0.469 e. The van der Waals surface area contributed by atoms with Gasteiger partial charge in [-0.15, -0.1) is 0 Å². The number of methoxy groups -OCH3 is 1. The molecule has 312 valence electrons. The fourth-order valence-electron chi connectivity index (χ4n) is 9.93. The van der Waals surface area contributed by atoms with Crippen LogP contribution in [-0.2, 0) is 33.5 Å². The van der Waals surface area contributed by atoms with Crippen molar-refractivity contribution in [3.05, 3.63) is 68.7 Å². The van der Waals surface area contributed by atoms with Crippen LogP contribution in [0.25, 0.3) is 0 Å². The number of carbonyl (C=O) groups excluding carboxylic acids is 2. The molecule has 2 unspecified atom stereocenters. The van der Waals surface area contributed by atoms with Crippen LogP contribution < -0.4 is 16.4 Å². The smallest absolute Gasteiger partial charge is 0.315 e. The lowest BCUT2D eigenvalue weighted by atomic mass is 9.39. The van der Waals surface area contributed by atoms with Crippen LogP contribution in [0.15, 0.2) is 36.4 Å². The van der Waals surface area contributed by atoms with E-state index in [9.17, 15) is 19.8 Å². The maximum atomic E-state index is 13.2. The lowest BCUT2D eigenvalue weighted by Crippen LogP contribution is -2.78. The predicted octanol–water partition coefficient (Wildman–Crippen LogP) is 9.75. The number of ether oxygens (including phenoxy) is 1. The zero-order valence-corrected chi connectivity index (χ0v) is 36.6. The van der Waals surface area contributed by atoms with Gasteiger partial charge in [0.05, 0.1) is 18.1 Å². The molecule has 0 radical (unpaired) electrons. The van der Waals surface area contributed by atoms with Gasteiger partial charge in [-0.05, 0) is 116 Å². The number of hydrogen-bond donors (Lipinski definition) is 5. The SMILES string of the molecule is CC(C)(C)CCc1ccc([C@@]2(N)CCCCC2CO)cc1Cl.COC(=O)C12CC(NC(=O)N[C@]3(c4ccc(CCC(C)(C)C)c(Cl)c4)CCCCC3CO)(C1)C2. The summed E-state index contributed by atoms with van der Waals surface area (Å²) < 4.78 is 4.92. The number of urea groups is 1. The highest BCUT2D eigenvalue weighted by atomic mass is 35.5. The standard InChI is InChI=1S/C27H39ClN2O4.C19H30ClNO/c1-24(2,3)12-10-18-8-9-19(13-21(18)28)27(11-6-5-7-20(27)14-31)30-23(33)29-26-15-25(16-26,17-26)22(32)34-4;1-18(2,3)11-9-14-7-8-15(12-17(14)20)19(21)10-5-4-6-16(19)13-22/h8-9,13,20,31H,5-7,10-12,14-17H2,1-4H3,(H2,29,30,33);7-8,12,16,22H,4-6,9-11,13,21H2,1-3H3/t20?,25?,26?,27-;16?,19-/m00/s1. The van der Waals surface area contributed by atoms with Crippen LogP contribution in [0, 0.1) is 28.1 Å². The normalized spacial score (nSPS) is 29.9. The van der Waals surface area contributed by atoms with E-state index in [4.69, 9.17) is 33.7 Å². The molecule has 4 atom stereocenters. The summed E-state index contributed by atoms with van der Waals surface area (Å²) in [6, 6.07) is 12.2. The van der Waals surface area contributed by atoms with E-state index in [-0.39, 0.29) is 48.0 Å². The molecule has 0 saturated heterocycles. The molecule has 0 aliphatic heterocycles. The lowest BCUT2D eigenvalue weighted by Gasteiger charge is -2.68. The van der Waals surface area contributed by atoms with Gasteiger partial charge in [0.15, 0.2) is 0 Å². The number of aryl methyl sites for hydroxylation is 2. The number of rotatable bonds is 11. The summed E-state index contributed by atoms with van der Waals surface area (Å²) in [5.74, 6) is -0.127. The molecule has 2 bridgehead atoms. The van der Waals surface area contributed by atoms with Crippen LogP contribution in [0.5, 0.6) is 0 Å². The highest BCUT2D eigenvalue weighted by Crippen LogP contribution is 2.67. The lowest BCUT2D eigenvalue weighted by molar-refractivity contribution is -0.199. The van der Waals surface area contributed by atoms with Gasteiger partial charge in [0.1, 0.15) is 0 Å². The van der Waals surface area contributed by atoms with Crippen molar-refractivity contribution in [1.29, 1.82) is 0 Å². The number of carbonyl (C=O) groups is 2. The molecule has 2 amide bonds. The van der Waals surface area contributed by atoms with Gasteiger partial charge in [-0.2, -0.15) is 0 Å². The number of nitrogens with two attached hydrogens (primary N) is 1. The Hall–Kier alpha value is -2.36. The van der Waals surface area contributed by atoms with E-state index >= 15 is 0 Å². The second kappa shape index (κ2) is 17.5. The summed E-state index contributed by atoms with van der Waals surface area (Å²) in [6.07, 6.45) is 13.7. The van der Waals surface area contributed by atoms with E-state index in [1.54, 1.807) is 0 Å². The third kappa shape index (κ3) is 9.90. The predicted molar refractivity (Wildman–Crippen MR) is 227 cm³/mol. The molecule has 2 aromatic rings. The number of nitrogens with one attached hydrogen (secondary N) is 2. The molecule has 0 spiro atoms. The highest BCUT2D eigenvalue weighted by molar-refractivity contribution is 6.31. The number of esters is 1. The van der Waals surface area contributed by atoms with Crippen LogP contribution in [0.2, 0.25) is 10.0 Å². The van der Waals surface area contributed by atoms with Crippen molar-refractivity contribution in [3.63, 3.8) is 0 Å². The minimum absolute atomic E-state index is 0.000267. The minimum atomic E-state index is -0.674. The van der Waals surface area contributed by atoms with Gasteiger partial charge >= 0.3 is 12.0 Å². The Kier molecular flexibility index (Phi) is 14.0. The monoisotopic (exact) mass is 813 g/mol. The Bertz CT molecular complexity index is 1680. The van der Waals surface area contributed by atoms with Crippen molar-refractivity contribution in [3.8, 4) is 0 Å². The van der Waals surface area contributed by atoms with Gasteiger partial charge in [-0.1, -0.05) is 115 Å². The van der Waals surface area contributed by atoms with Gasteiger partial charge in [0.2, 0.25) is 0 Å². The number of aliphatic hydroxyl groups excluding tert-OH is 2. The Morgan fingerprint density at radius 1 is 0.768 bits per heavy atom. The van der Waals surface area contributed by atoms with Gasteiger partial charge < -0.3 is 31.3 Å². The van der Waals surface area contributed by atoms with Crippen LogP contribution in [-0.4, -0.2) is 48.1 Å². The van der Waals surface area contributed by atoms with Crippen LogP contribution >= 0.6 is 23.2 Å². The van der Waals surface area contributed by atoms with Crippen LogP contribution in [0.1, 0.15) is 147 Å². The number of aliphatic hydroxyl groups is 2. The molecule has 5 aliphatic carbocycles. The van der Waals surface area contributed by atoms with Gasteiger partial charge in [0, 0.05) is 46.2 Å². The van der Waals surface area contributed by atoms with Crippen LogP contribution in [0.4, 0.5) is 4.79 Å². The van der Waals surface area contributed by atoms with Gasteiger partial charge in [0.25, 0.3) is 0 Å². The molecule has 0 aromatic heterocycles. The molecule has 2 aromatic carbocycles. The first kappa shape index (κ1) is 44.7. The molecule has 5 saturated carbocycles. The quantitative estimate of drug-likeness (QED) is 0.144. The zero-order valence-electron chi connectivity index (χ0n) is 35.1. The molecule has 8 nitrogen and oxygen atoms in total. The number of amides is 2. The minimum Gasteiger partial charge on any atom is -0.469 e. The summed E-state index contributed by atoms with van der Waals surface area (Å²) >= 11 is 13.2. The maximum absolute atomic E-state index is 13.2. The average Bonchev–Trinajstić information content (AvgIpc) is 3.11. The van der Waals surface area contributed by atoms with Crippen LogP contribution in [0.3, 0.4) is 0 Å². The third-order valence-corrected chi connectivity index (χ3v) is 14.1. The molecule has 7 rings (SSSR count). The first-order chi connectivity index (χ1) is 26.2. The number of hydrogen-bond acceptors (Lipinski definition) is 6. The fourth-order valence-corrected chi connectivity index (χ4v) is 10.5. The van der Waals surface area contributed by atoms with Gasteiger partial charge in [-0.3, -0.25) is 4.79 Å². The average molecular weight is 815 g/mol. The van der Waals surface area contributed by atoms with E-state index in [1.807, 2.05) is 12.1 Å². The molecular formula is C46H69Cl2N3O5. The summed E-state index contributed by atoms with van der Waals surface area (Å²) in [5, 5.41) is 27.9. The second-order valence-corrected chi connectivity index (χ2v) is 21.0. The Balaban J connectivity index is 0.000000236. The van der Waals surface area contributed by atoms with E-state index in [2.05, 4.69) is 76.4 Å². The highest BCUT2D eigenvalue weighted by Gasteiger charge is 2.73. The molecular weight excluding hydrogens is 745 g/mol. The molecule has 5 aliphatic rings. The first-order valence-corrected chi connectivity index (χ1v) is 21.8. The van der Waals surface area contributed by atoms with Crippen molar-refractivity contribution in [2.24, 2.45) is 33.8 Å². The summed E-state index contributed by atoms with van der Waals surface area (Å²) in [4.78, 5) is 25.2. The van der Waals surface area contributed by atoms with Crippen molar-refractivity contribution in [2.45, 2.75) is 154 Å². The maximum Gasteiger partial charge on any atom is 0.315 e. The first-order valence-electron chi connectivity index (χ1n) is 21.0. The van der Waals surface area contributed by atoms with Crippen molar-refractivity contribution >= 4 is 35.2 Å². The number of halogens is 2. The third-order valence-electron chi connectivity index (χ3n) is 13.4. The van der Waals surface area contributed by atoms with E-state index in [0.29, 0.717) is 29.7 Å². The van der Waals surface area contributed by atoms with E-state index < -0.39 is 16.5 Å². The molecule has 56 heavy (non-hydrogen) atoms. The molecule has 0 heterocycles. The topological polar surface area (TPSA) is 134 Å². The second-order valence-electron chi connectivity index (χ2n) is 20.2. The Labute approximate surface area is 346 Å². The Morgan fingerprint density at radius 2 is 1.27 bits per heavy atom. The molecule has 6 N–H and O–H groups in total. The molecule has 10 heteroatoms. The zero-order chi connectivity index (χ0) is 41.2. The van der Waals surface area contributed by atoms with Gasteiger partial charge in [-0.25, -0.2) is 4.79 Å². The summed E-state index contributed by atoms with van der Waals surface area (Å²) in [5.41, 5.74) is 9.71. The van der Waals surface area contributed by atoms with Crippen molar-refractivity contribution < 1.29 is 24.5 Å². The summed E-state index contributed by atoms with van der Waals surface area (Å²) in [7, 11) is 1.41. The van der Waals surface area contributed by atoms with E-state index in [0.717, 1.165) is 98.8 Å². The van der Waals surface area contributed by atoms with Crippen molar-refractivity contribution in [2.75, 3.05) is 20.3 Å². The van der Waals surface area contributed by atoms with Crippen molar-refractivity contribution in [1.82, 2.24) is 10.6 Å². The number of benzene rings is 2.